The van der Waals surface area contributed by atoms with Crippen LogP contribution < -0.4 is 10.1 Å². The summed E-state index contributed by atoms with van der Waals surface area (Å²) in [4.78, 5) is 17.4. The number of anilines is 1. The van der Waals surface area contributed by atoms with Gasteiger partial charge in [0.25, 0.3) is 5.91 Å². The van der Waals surface area contributed by atoms with Crippen molar-refractivity contribution >= 4 is 34.2 Å². The van der Waals surface area contributed by atoms with Gasteiger partial charge in [-0.15, -0.1) is 0 Å². The van der Waals surface area contributed by atoms with E-state index >= 15 is 0 Å². The minimum atomic E-state index is -0.234. The maximum absolute atomic E-state index is 12.9. The zero-order valence-corrected chi connectivity index (χ0v) is 16.8. The Morgan fingerprint density at radius 1 is 1.22 bits per heavy atom. The van der Waals surface area contributed by atoms with Gasteiger partial charge in [-0.2, -0.15) is 5.10 Å². The highest BCUT2D eigenvalue weighted by Crippen LogP contribution is 2.29. The Kier molecular flexibility index (Phi) is 5.37. The van der Waals surface area contributed by atoms with Crippen molar-refractivity contribution < 1.29 is 9.53 Å². The Bertz CT molecular complexity index is 995. The third-order valence-corrected chi connectivity index (χ3v) is 4.28. The lowest BCUT2D eigenvalue weighted by Gasteiger charge is -2.13. The summed E-state index contributed by atoms with van der Waals surface area (Å²) in [5.41, 5.74) is 2.59. The molecule has 2 heterocycles. The summed E-state index contributed by atoms with van der Waals surface area (Å²) in [6.45, 7) is 9.78. The van der Waals surface area contributed by atoms with Gasteiger partial charge in [0.05, 0.1) is 28.3 Å². The zero-order chi connectivity index (χ0) is 19.7. The first-order chi connectivity index (χ1) is 12.8. The van der Waals surface area contributed by atoms with E-state index < -0.39 is 0 Å². The third kappa shape index (κ3) is 4.06. The highest BCUT2D eigenvalue weighted by atomic mass is 35.5. The average Bonchev–Trinajstić information content (AvgIpc) is 3.00. The van der Waals surface area contributed by atoms with Crippen LogP contribution in [0.1, 0.15) is 49.8 Å². The first-order valence-electron chi connectivity index (χ1n) is 8.88. The lowest BCUT2D eigenvalue weighted by Crippen LogP contribution is -2.13. The second kappa shape index (κ2) is 7.56. The van der Waals surface area contributed by atoms with Gasteiger partial charge in [-0.25, -0.2) is 9.67 Å². The number of hydrogen-bond acceptors (Lipinski definition) is 4. The molecule has 0 saturated heterocycles. The monoisotopic (exact) mass is 386 g/mol. The number of ether oxygens (including phenoxy) is 1. The minimum Gasteiger partial charge on any atom is -0.489 e. The molecule has 1 amide bonds. The fourth-order valence-electron chi connectivity index (χ4n) is 2.84. The number of halogens is 1. The Balaban J connectivity index is 1.92. The number of nitrogens with one attached hydrogen (secondary N) is 1. The molecule has 1 aromatic carbocycles. The summed E-state index contributed by atoms with van der Waals surface area (Å²) >= 11 is 6.26. The maximum Gasteiger partial charge on any atom is 0.256 e. The van der Waals surface area contributed by atoms with E-state index in [9.17, 15) is 4.79 Å². The van der Waals surface area contributed by atoms with Gasteiger partial charge in [0, 0.05) is 17.4 Å². The van der Waals surface area contributed by atoms with Gasteiger partial charge in [-0.1, -0.05) is 11.6 Å². The Labute approximate surface area is 163 Å². The number of amides is 1. The number of fused-ring (bicyclic) bond motifs is 1. The number of hydrogen-bond donors (Lipinski definition) is 1. The van der Waals surface area contributed by atoms with Crippen molar-refractivity contribution in [3.05, 3.63) is 46.7 Å². The van der Waals surface area contributed by atoms with Crippen LogP contribution in [0.15, 0.2) is 30.5 Å². The summed E-state index contributed by atoms with van der Waals surface area (Å²) in [6, 6.07) is 7.12. The van der Waals surface area contributed by atoms with Crippen LogP contribution in [-0.4, -0.2) is 26.8 Å². The van der Waals surface area contributed by atoms with Crippen LogP contribution in [0.4, 0.5) is 5.69 Å². The van der Waals surface area contributed by atoms with E-state index in [4.69, 9.17) is 16.3 Å². The van der Waals surface area contributed by atoms with E-state index in [-0.39, 0.29) is 18.1 Å². The Morgan fingerprint density at radius 3 is 2.59 bits per heavy atom. The highest BCUT2D eigenvalue weighted by Gasteiger charge is 2.17. The van der Waals surface area contributed by atoms with Crippen molar-refractivity contribution in [3.63, 3.8) is 0 Å². The number of aromatic nitrogens is 3. The topological polar surface area (TPSA) is 69.0 Å². The quantitative estimate of drug-likeness (QED) is 0.668. The molecule has 3 rings (SSSR count). The molecule has 27 heavy (non-hydrogen) atoms. The summed E-state index contributed by atoms with van der Waals surface area (Å²) in [6.07, 6.45) is 1.71. The van der Waals surface area contributed by atoms with E-state index in [0.717, 1.165) is 11.1 Å². The molecule has 2 aromatic heterocycles. The number of carbonyl (C=O) groups is 1. The normalized spacial score (nSPS) is 11.4. The molecule has 0 aliphatic heterocycles. The molecular formula is C20H23ClN4O2. The smallest absolute Gasteiger partial charge is 0.256 e. The van der Waals surface area contributed by atoms with Crippen LogP contribution in [0.25, 0.3) is 11.0 Å². The molecule has 0 bridgehead atoms. The second-order valence-corrected chi connectivity index (χ2v) is 7.40. The summed E-state index contributed by atoms with van der Waals surface area (Å²) in [5.74, 6) is 0.354. The first kappa shape index (κ1) is 19.2. The predicted molar refractivity (Wildman–Crippen MR) is 108 cm³/mol. The SMILES string of the molecule is Cc1cc(C(=O)Nc2ccc(OC(C)C)c(Cl)c2)c2cnn(C(C)C)c2n1. The van der Waals surface area contributed by atoms with Gasteiger partial charge in [-0.05, 0) is 58.9 Å². The van der Waals surface area contributed by atoms with Gasteiger partial charge >= 0.3 is 0 Å². The van der Waals surface area contributed by atoms with E-state index in [0.29, 0.717) is 27.7 Å². The number of aryl methyl sites for hydroxylation is 1. The molecule has 0 unspecified atom stereocenters. The number of benzene rings is 1. The molecule has 0 radical (unpaired) electrons. The summed E-state index contributed by atoms with van der Waals surface area (Å²) in [7, 11) is 0. The molecule has 0 atom stereocenters. The van der Waals surface area contributed by atoms with E-state index in [1.807, 2.05) is 39.3 Å². The van der Waals surface area contributed by atoms with Crippen molar-refractivity contribution in [1.82, 2.24) is 14.8 Å². The predicted octanol–water partition coefficient (Wildman–Crippen LogP) is 5.01. The number of rotatable bonds is 5. The molecule has 6 nitrogen and oxygen atoms in total. The molecule has 1 N–H and O–H groups in total. The van der Waals surface area contributed by atoms with Crippen molar-refractivity contribution in [3.8, 4) is 5.75 Å². The molecule has 0 spiro atoms. The van der Waals surface area contributed by atoms with E-state index in [2.05, 4.69) is 15.4 Å². The van der Waals surface area contributed by atoms with Gasteiger partial charge in [0.1, 0.15) is 5.75 Å². The number of pyridine rings is 1. The third-order valence-electron chi connectivity index (χ3n) is 3.98. The highest BCUT2D eigenvalue weighted by molar-refractivity contribution is 6.32. The van der Waals surface area contributed by atoms with Crippen molar-refractivity contribution in [2.75, 3.05) is 5.32 Å². The van der Waals surface area contributed by atoms with Crippen LogP contribution >= 0.6 is 11.6 Å². The van der Waals surface area contributed by atoms with Gasteiger partial charge in [-0.3, -0.25) is 4.79 Å². The Hall–Kier alpha value is -2.60. The van der Waals surface area contributed by atoms with Crippen molar-refractivity contribution in [1.29, 1.82) is 0 Å². The van der Waals surface area contributed by atoms with Crippen LogP contribution in [0.3, 0.4) is 0 Å². The van der Waals surface area contributed by atoms with Crippen molar-refractivity contribution in [2.24, 2.45) is 0 Å². The molecule has 3 aromatic rings. The average molecular weight is 387 g/mol. The standard InChI is InChI=1S/C20H23ClN4O2/c1-11(2)25-19-16(10-22-25)15(8-13(5)23-19)20(26)24-14-6-7-18(17(21)9-14)27-12(3)4/h6-12H,1-5H3,(H,24,26). The molecule has 0 aliphatic carbocycles. The van der Waals surface area contributed by atoms with Gasteiger partial charge < -0.3 is 10.1 Å². The maximum atomic E-state index is 12.9. The van der Waals surface area contributed by atoms with E-state index in [1.54, 1.807) is 30.5 Å². The number of nitrogens with zero attached hydrogens (tertiary/aromatic N) is 3. The lowest BCUT2D eigenvalue weighted by molar-refractivity contribution is 0.102. The van der Waals surface area contributed by atoms with Crippen LogP contribution in [-0.2, 0) is 0 Å². The molecular weight excluding hydrogens is 364 g/mol. The molecule has 7 heteroatoms. The van der Waals surface area contributed by atoms with Gasteiger partial charge in [0.2, 0.25) is 0 Å². The minimum absolute atomic E-state index is 0.0218. The second-order valence-electron chi connectivity index (χ2n) is 7.00. The van der Waals surface area contributed by atoms with E-state index in [1.165, 1.54) is 0 Å². The Morgan fingerprint density at radius 2 is 1.96 bits per heavy atom. The molecule has 0 fully saturated rings. The fraction of sp³-hybridized carbons (Fsp3) is 0.350. The van der Waals surface area contributed by atoms with Crippen LogP contribution in [0, 0.1) is 6.92 Å². The van der Waals surface area contributed by atoms with Crippen LogP contribution in [0.2, 0.25) is 5.02 Å². The molecule has 0 saturated carbocycles. The zero-order valence-electron chi connectivity index (χ0n) is 16.1. The largest absolute Gasteiger partial charge is 0.489 e. The van der Waals surface area contributed by atoms with Crippen molar-refractivity contribution in [2.45, 2.75) is 46.8 Å². The first-order valence-corrected chi connectivity index (χ1v) is 9.26. The lowest BCUT2D eigenvalue weighted by atomic mass is 10.1. The fourth-order valence-corrected chi connectivity index (χ4v) is 3.06. The van der Waals surface area contributed by atoms with Crippen LogP contribution in [0.5, 0.6) is 5.75 Å². The number of carbonyl (C=O) groups excluding carboxylic acids is 1. The van der Waals surface area contributed by atoms with Gasteiger partial charge in [0.15, 0.2) is 5.65 Å². The summed E-state index contributed by atoms with van der Waals surface area (Å²) in [5, 5.41) is 8.44. The molecule has 0 aliphatic rings. The summed E-state index contributed by atoms with van der Waals surface area (Å²) < 4.78 is 7.44. The molecule has 142 valence electrons.